The van der Waals surface area contributed by atoms with Gasteiger partial charge in [-0.05, 0) is 33.1 Å². The van der Waals surface area contributed by atoms with Crippen LogP contribution in [0.25, 0.3) is 0 Å². The first-order valence-electron chi connectivity index (χ1n) is 10.0. The van der Waals surface area contributed by atoms with Crippen LogP contribution in [0.3, 0.4) is 0 Å². The first-order valence-corrected chi connectivity index (χ1v) is 11.5. The molecule has 6 unspecified atom stereocenters. The summed E-state index contributed by atoms with van der Waals surface area (Å²) in [4.78, 5) is 39.8. The summed E-state index contributed by atoms with van der Waals surface area (Å²) in [6.45, 7) is 6.84. The molecule has 176 valence electrons. The molecule has 3 aliphatic rings. The van der Waals surface area contributed by atoms with Gasteiger partial charge < -0.3 is 14.4 Å². The summed E-state index contributed by atoms with van der Waals surface area (Å²) in [6, 6.07) is -0.437. The molecule has 0 aromatic carbocycles. The predicted octanol–water partition coefficient (Wildman–Crippen LogP) is 1.47. The Labute approximate surface area is 179 Å². The smallest absolute Gasteiger partial charge is 0.402 e. The van der Waals surface area contributed by atoms with E-state index in [1.165, 1.54) is 0 Å². The second-order valence-corrected chi connectivity index (χ2v) is 11.3. The minimum absolute atomic E-state index is 0.318. The highest BCUT2D eigenvalue weighted by Gasteiger charge is 2.72. The summed E-state index contributed by atoms with van der Waals surface area (Å²) < 4.78 is 67.4. The lowest BCUT2D eigenvalue weighted by atomic mass is 9.78. The number of halogens is 2. The van der Waals surface area contributed by atoms with E-state index in [0.717, 1.165) is 0 Å². The number of nitrogens with zero attached hydrogens (tertiary/aromatic N) is 1. The molecule has 0 spiro atoms. The fourth-order valence-electron chi connectivity index (χ4n) is 5.16. The molecule has 0 aromatic rings. The molecular weight excluding hydrogens is 440 g/mol. The van der Waals surface area contributed by atoms with Crippen LogP contribution in [0.15, 0.2) is 0 Å². The molecule has 12 heteroatoms. The fraction of sp³-hybridized carbons (Fsp3) is 0.842. The third-order valence-corrected chi connectivity index (χ3v) is 7.22. The van der Waals surface area contributed by atoms with Crippen molar-refractivity contribution < 1.29 is 45.6 Å². The summed E-state index contributed by atoms with van der Waals surface area (Å²) in [5.74, 6) is -5.39. The molecular formula is C19H27F2NO8S. The molecule has 1 heterocycles. The molecule has 3 rings (SSSR count). The number of alkyl halides is 2. The number of fused-ring (bicyclic) bond motifs is 1. The molecule has 31 heavy (non-hydrogen) atoms. The standard InChI is InChI=1S/C19H27F2NO8S/c1-8(2)16(24)30-14-10-6-9-11(15(23)22(13(9)14)18(3,4)5)12(10)17(25)29-7-19(20,21)31(26,27)28/h8-14H,6-7H2,1-5H3,(H,26,27,28). The third-order valence-electron chi connectivity index (χ3n) is 6.35. The lowest BCUT2D eigenvalue weighted by Crippen LogP contribution is -2.53. The molecule has 2 bridgehead atoms. The van der Waals surface area contributed by atoms with E-state index in [4.69, 9.17) is 9.29 Å². The molecule has 9 nitrogen and oxygen atoms in total. The minimum atomic E-state index is -5.77. The average molecular weight is 467 g/mol. The zero-order valence-corrected chi connectivity index (χ0v) is 18.7. The molecule has 2 aliphatic carbocycles. The maximum atomic E-state index is 13.5. The van der Waals surface area contributed by atoms with Crippen LogP contribution in [0.1, 0.15) is 41.0 Å². The maximum Gasteiger partial charge on any atom is 0.402 e. The number of ether oxygens (including phenoxy) is 2. The maximum absolute atomic E-state index is 13.5. The number of likely N-dealkylation sites (tertiary alicyclic amines) is 1. The summed E-state index contributed by atoms with van der Waals surface area (Å²) in [5, 5.41) is -4.68. The van der Waals surface area contributed by atoms with Crippen molar-refractivity contribution in [3.8, 4) is 0 Å². The first-order chi connectivity index (χ1) is 14.0. The van der Waals surface area contributed by atoms with Crippen molar-refractivity contribution in [2.45, 2.75) is 64.0 Å². The van der Waals surface area contributed by atoms with E-state index in [-0.39, 0.29) is 11.8 Å². The zero-order chi connectivity index (χ0) is 23.7. The molecule has 3 fully saturated rings. The van der Waals surface area contributed by atoms with Crippen LogP contribution in [0.2, 0.25) is 0 Å². The lowest BCUT2D eigenvalue weighted by Gasteiger charge is -2.40. The van der Waals surface area contributed by atoms with Crippen molar-refractivity contribution in [1.82, 2.24) is 4.90 Å². The molecule has 6 atom stereocenters. The van der Waals surface area contributed by atoms with Gasteiger partial charge in [-0.3, -0.25) is 18.9 Å². The van der Waals surface area contributed by atoms with E-state index >= 15 is 0 Å². The largest absolute Gasteiger partial charge is 0.460 e. The molecule has 1 saturated heterocycles. The topological polar surface area (TPSA) is 127 Å². The van der Waals surface area contributed by atoms with Crippen molar-refractivity contribution in [1.29, 1.82) is 0 Å². The van der Waals surface area contributed by atoms with Crippen molar-refractivity contribution in [3.05, 3.63) is 0 Å². The van der Waals surface area contributed by atoms with Crippen LogP contribution < -0.4 is 0 Å². The number of rotatable bonds is 6. The Morgan fingerprint density at radius 2 is 1.81 bits per heavy atom. The van der Waals surface area contributed by atoms with Crippen molar-refractivity contribution in [3.63, 3.8) is 0 Å². The Bertz CT molecular complexity index is 897. The summed E-state index contributed by atoms with van der Waals surface area (Å²) >= 11 is 0. The average Bonchev–Trinajstić information content (AvgIpc) is 3.20. The number of carbonyl (C=O) groups is 3. The predicted molar refractivity (Wildman–Crippen MR) is 101 cm³/mol. The number of amides is 1. The van der Waals surface area contributed by atoms with Gasteiger partial charge in [0, 0.05) is 11.5 Å². The zero-order valence-electron chi connectivity index (χ0n) is 17.9. The number of hydrogen-bond acceptors (Lipinski definition) is 7. The van der Waals surface area contributed by atoms with E-state index in [9.17, 15) is 31.6 Å². The van der Waals surface area contributed by atoms with Gasteiger partial charge in [-0.1, -0.05) is 13.8 Å². The molecule has 1 aliphatic heterocycles. The van der Waals surface area contributed by atoms with Crippen LogP contribution in [-0.2, 0) is 34.0 Å². The third kappa shape index (κ3) is 3.81. The van der Waals surface area contributed by atoms with Gasteiger partial charge in [0.2, 0.25) is 5.91 Å². The van der Waals surface area contributed by atoms with Gasteiger partial charge in [-0.2, -0.15) is 17.2 Å². The first kappa shape index (κ1) is 23.8. The van der Waals surface area contributed by atoms with E-state index in [0.29, 0.717) is 6.42 Å². The molecule has 0 radical (unpaired) electrons. The van der Waals surface area contributed by atoms with Gasteiger partial charge >= 0.3 is 27.3 Å². The second kappa shape index (κ2) is 7.36. The normalized spacial score (nSPS) is 32.7. The highest BCUT2D eigenvalue weighted by molar-refractivity contribution is 7.86. The van der Waals surface area contributed by atoms with Crippen LogP contribution in [0, 0.1) is 29.6 Å². The van der Waals surface area contributed by atoms with Crippen LogP contribution in [0.5, 0.6) is 0 Å². The van der Waals surface area contributed by atoms with Gasteiger partial charge in [0.05, 0.1) is 23.8 Å². The van der Waals surface area contributed by atoms with Gasteiger partial charge in [-0.15, -0.1) is 0 Å². The van der Waals surface area contributed by atoms with Crippen molar-refractivity contribution in [2.24, 2.45) is 29.6 Å². The Balaban J connectivity index is 1.90. The van der Waals surface area contributed by atoms with Crippen LogP contribution in [-0.4, -0.2) is 65.3 Å². The van der Waals surface area contributed by atoms with Gasteiger partial charge in [0.15, 0.2) is 6.61 Å². The molecule has 0 aromatic heterocycles. The van der Waals surface area contributed by atoms with E-state index in [1.807, 2.05) is 20.8 Å². The second-order valence-electron chi connectivity index (χ2n) is 9.76. The van der Waals surface area contributed by atoms with E-state index in [1.54, 1.807) is 18.7 Å². The highest BCUT2D eigenvalue weighted by atomic mass is 32.2. The van der Waals surface area contributed by atoms with Crippen LogP contribution in [0.4, 0.5) is 8.78 Å². The van der Waals surface area contributed by atoms with E-state index < -0.39 is 75.3 Å². The molecule has 1 amide bonds. The van der Waals surface area contributed by atoms with Gasteiger partial charge in [0.1, 0.15) is 6.10 Å². The number of carbonyl (C=O) groups excluding carboxylic acids is 3. The summed E-state index contributed by atoms with van der Waals surface area (Å²) in [5.41, 5.74) is -0.636. The SMILES string of the molecule is CC(C)C(=O)OC1C2CC3C(C(=O)N(C(C)(C)C)C31)C2C(=O)OCC(F)(F)S(=O)(=O)O. The van der Waals surface area contributed by atoms with Crippen molar-refractivity contribution in [2.75, 3.05) is 6.61 Å². The Hall–Kier alpha value is -1.82. The lowest BCUT2D eigenvalue weighted by molar-refractivity contribution is -0.168. The summed E-state index contributed by atoms with van der Waals surface area (Å²) in [7, 11) is -5.77. The molecule has 2 saturated carbocycles. The Kier molecular flexibility index (Phi) is 5.66. The Morgan fingerprint density at radius 3 is 2.29 bits per heavy atom. The number of esters is 2. The van der Waals surface area contributed by atoms with Gasteiger partial charge in [-0.25, -0.2) is 0 Å². The number of hydrogen-bond donors (Lipinski definition) is 1. The summed E-state index contributed by atoms with van der Waals surface area (Å²) in [6.07, 6.45) is -0.431. The van der Waals surface area contributed by atoms with Crippen molar-refractivity contribution >= 4 is 28.0 Å². The molecule has 1 N–H and O–H groups in total. The Morgan fingerprint density at radius 1 is 1.23 bits per heavy atom. The monoisotopic (exact) mass is 467 g/mol. The fourth-order valence-corrected chi connectivity index (χ4v) is 5.37. The van der Waals surface area contributed by atoms with Gasteiger partial charge in [0.25, 0.3) is 0 Å². The van der Waals surface area contributed by atoms with Crippen LogP contribution >= 0.6 is 0 Å². The quantitative estimate of drug-likeness (QED) is 0.460. The van der Waals surface area contributed by atoms with E-state index in [2.05, 4.69) is 4.74 Å². The highest BCUT2D eigenvalue weighted by Crippen LogP contribution is 2.61. The minimum Gasteiger partial charge on any atom is -0.460 e.